The number of hydrogen-bond donors (Lipinski definition) is 3. The van der Waals surface area contributed by atoms with Crippen LogP contribution in [-0.4, -0.2) is 53.9 Å². The van der Waals surface area contributed by atoms with Gasteiger partial charge >= 0.3 is 6.03 Å². The van der Waals surface area contributed by atoms with Gasteiger partial charge in [0.25, 0.3) is 0 Å². The molecule has 0 aromatic rings. The normalized spacial score (nSPS) is 33.5. The Balaban J connectivity index is 1.40. The molecule has 0 aromatic carbocycles. The Morgan fingerprint density at radius 2 is 1.75 bits per heavy atom. The van der Waals surface area contributed by atoms with Crippen LogP contribution in [0.4, 0.5) is 4.79 Å². The number of carbonyl (C=O) groups excluding carboxylic acids is 1. The van der Waals surface area contributed by atoms with E-state index in [-0.39, 0.29) is 24.1 Å². The largest absolute Gasteiger partial charge is 0.396 e. The first-order chi connectivity index (χ1) is 11.6. The fourth-order valence-corrected chi connectivity index (χ4v) is 4.91. The second-order valence-electron chi connectivity index (χ2n) is 8.48. The lowest BCUT2D eigenvalue weighted by atomic mass is 9.86. The van der Waals surface area contributed by atoms with Crippen molar-refractivity contribution in [1.29, 1.82) is 0 Å². The van der Waals surface area contributed by atoms with Crippen LogP contribution in [-0.2, 0) is 0 Å². The third-order valence-corrected chi connectivity index (χ3v) is 6.70. The molecule has 0 spiro atoms. The van der Waals surface area contributed by atoms with Gasteiger partial charge in [-0.05, 0) is 38.5 Å². The molecule has 3 aliphatic rings. The van der Waals surface area contributed by atoms with Gasteiger partial charge in [-0.25, -0.2) is 4.79 Å². The van der Waals surface area contributed by atoms with Crippen molar-refractivity contribution < 1.29 is 9.90 Å². The Labute approximate surface area is 146 Å². The highest BCUT2D eigenvalue weighted by Crippen LogP contribution is 2.37. The van der Waals surface area contributed by atoms with Gasteiger partial charge in [0.15, 0.2) is 0 Å². The molecule has 0 radical (unpaired) electrons. The van der Waals surface area contributed by atoms with E-state index in [1.165, 1.54) is 32.1 Å². The molecule has 2 amide bonds. The molecule has 1 saturated heterocycles. The van der Waals surface area contributed by atoms with E-state index in [0.29, 0.717) is 6.04 Å². The van der Waals surface area contributed by atoms with Crippen molar-refractivity contribution >= 4 is 6.03 Å². The third-order valence-electron chi connectivity index (χ3n) is 6.70. The standard InChI is InChI=1S/C19H35N3O2/c1-19(14-23)11-5-8-17(19)21-18(24)20-15-9-12-22(13-10-15)16-6-3-2-4-7-16/h15-17,23H,2-14H2,1H3,(H2,20,21,24). The van der Waals surface area contributed by atoms with Gasteiger partial charge in [0.2, 0.25) is 0 Å². The van der Waals surface area contributed by atoms with Gasteiger partial charge < -0.3 is 20.6 Å². The Kier molecular flexibility index (Phi) is 6.03. The first kappa shape index (κ1) is 18.0. The fourth-order valence-electron chi connectivity index (χ4n) is 4.91. The highest BCUT2D eigenvalue weighted by Gasteiger charge is 2.39. The minimum Gasteiger partial charge on any atom is -0.396 e. The Morgan fingerprint density at radius 1 is 1.04 bits per heavy atom. The van der Waals surface area contributed by atoms with Gasteiger partial charge in [-0.3, -0.25) is 0 Å². The molecule has 2 atom stereocenters. The number of nitrogens with zero attached hydrogens (tertiary/aromatic N) is 1. The molecule has 2 saturated carbocycles. The number of rotatable bonds is 4. The molecule has 0 bridgehead atoms. The summed E-state index contributed by atoms with van der Waals surface area (Å²) in [6.07, 6.45) is 12.1. The zero-order valence-corrected chi connectivity index (χ0v) is 15.2. The second kappa shape index (κ2) is 8.05. The van der Waals surface area contributed by atoms with E-state index >= 15 is 0 Å². The quantitative estimate of drug-likeness (QED) is 0.739. The van der Waals surface area contributed by atoms with Gasteiger partial charge in [-0.2, -0.15) is 0 Å². The summed E-state index contributed by atoms with van der Waals surface area (Å²) in [5.74, 6) is 0. The van der Waals surface area contributed by atoms with Crippen LogP contribution in [0.3, 0.4) is 0 Å². The van der Waals surface area contributed by atoms with Crippen LogP contribution >= 0.6 is 0 Å². The molecular weight excluding hydrogens is 302 g/mol. The van der Waals surface area contributed by atoms with Crippen molar-refractivity contribution in [3.63, 3.8) is 0 Å². The van der Waals surface area contributed by atoms with Crippen LogP contribution in [0.25, 0.3) is 0 Å². The summed E-state index contributed by atoms with van der Waals surface area (Å²) in [5, 5.41) is 15.9. The first-order valence-electron chi connectivity index (χ1n) is 10.0. The maximum Gasteiger partial charge on any atom is 0.315 e. The van der Waals surface area contributed by atoms with Gasteiger partial charge in [0.1, 0.15) is 0 Å². The molecule has 138 valence electrons. The smallest absolute Gasteiger partial charge is 0.315 e. The van der Waals surface area contributed by atoms with E-state index in [1.54, 1.807) is 0 Å². The van der Waals surface area contributed by atoms with Crippen LogP contribution in [0.1, 0.15) is 71.1 Å². The summed E-state index contributed by atoms with van der Waals surface area (Å²) in [6.45, 7) is 4.46. The van der Waals surface area contributed by atoms with E-state index in [2.05, 4.69) is 22.5 Å². The summed E-state index contributed by atoms with van der Waals surface area (Å²) in [4.78, 5) is 15.0. The van der Waals surface area contributed by atoms with Gasteiger partial charge in [0, 0.05) is 36.6 Å². The summed E-state index contributed by atoms with van der Waals surface area (Å²) >= 11 is 0. The van der Waals surface area contributed by atoms with Crippen LogP contribution in [0.2, 0.25) is 0 Å². The van der Waals surface area contributed by atoms with E-state index in [9.17, 15) is 9.90 Å². The Morgan fingerprint density at radius 3 is 2.42 bits per heavy atom. The highest BCUT2D eigenvalue weighted by atomic mass is 16.3. The molecule has 3 fully saturated rings. The van der Waals surface area contributed by atoms with Crippen molar-refractivity contribution in [3.05, 3.63) is 0 Å². The van der Waals surface area contributed by atoms with Gasteiger partial charge in [-0.15, -0.1) is 0 Å². The van der Waals surface area contributed by atoms with Gasteiger partial charge in [-0.1, -0.05) is 32.6 Å². The number of nitrogens with one attached hydrogen (secondary N) is 2. The van der Waals surface area contributed by atoms with Crippen LogP contribution in [0.5, 0.6) is 0 Å². The molecule has 1 heterocycles. The molecule has 1 aliphatic heterocycles. The zero-order valence-electron chi connectivity index (χ0n) is 15.2. The maximum absolute atomic E-state index is 12.3. The lowest BCUT2D eigenvalue weighted by Crippen LogP contribution is -2.53. The molecule has 5 heteroatoms. The van der Waals surface area contributed by atoms with Gasteiger partial charge in [0.05, 0.1) is 6.61 Å². The minimum absolute atomic E-state index is 0.0438. The Hall–Kier alpha value is -0.810. The van der Waals surface area contributed by atoms with E-state index in [1.807, 2.05) is 0 Å². The van der Waals surface area contributed by atoms with E-state index in [0.717, 1.165) is 51.2 Å². The predicted octanol–water partition coefficient (Wildman–Crippen LogP) is 2.63. The lowest BCUT2D eigenvalue weighted by Gasteiger charge is -2.39. The summed E-state index contributed by atoms with van der Waals surface area (Å²) in [7, 11) is 0. The monoisotopic (exact) mass is 337 g/mol. The van der Waals surface area contributed by atoms with E-state index < -0.39 is 0 Å². The average Bonchev–Trinajstić information content (AvgIpc) is 2.97. The van der Waals surface area contributed by atoms with Crippen LogP contribution in [0.15, 0.2) is 0 Å². The van der Waals surface area contributed by atoms with Crippen molar-refractivity contribution in [2.45, 2.75) is 89.3 Å². The molecule has 24 heavy (non-hydrogen) atoms. The Bertz CT molecular complexity index is 417. The molecule has 3 N–H and O–H groups in total. The third kappa shape index (κ3) is 4.23. The van der Waals surface area contributed by atoms with Crippen molar-refractivity contribution in [1.82, 2.24) is 15.5 Å². The number of likely N-dealkylation sites (tertiary alicyclic amines) is 1. The predicted molar refractivity (Wildman–Crippen MR) is 96.0 cm³/mol. The molecule has 2 aliphatic carbocycles. The number of hydrogen-bond acceptors (Lipinski definition) is 3. The zero-order chi connectivity index (χ0) is 17.0. The molecule has 3 rings (SSSR count). The summed E-state index contributed by atoms with van der Waals surface area (Å²) in [5.41, 5.74) is -0.151. The summed E-state index contributed by atoms with van der Waals surface area (Å²) in [6, 6.07) is 1.14. The second-order valence-corrected chi connectivity index (χ2v) is 8.48. The van der Waals surface area contributed by atoms with Crippen molar-refractivity contribution in [3.8, 4) is 0 Å². The maximum atomic E-state index is 12.3. The number of aliphatic hydroxyl groups excluding tert-OH is 1. The number of amides is 2. The molecule has 5 nitrogen and oxygen atoms in total. The number of piperidine rings is 1. The SMILES string of the molecule is CC1(CO)CCCC1NC(=O)NC1CCN(C2CCCCC2)CC1. The first-order valence-corrected chi connectivity index (χ1v) is 10.0. The van der Waals surface area contributed by atoms with Crippen molar-refractivity contribution in [2.75, 3.05) is 19.7 Å². The topological polar surface area (TPSA) is 64.6 Å². The fraction of sp³-hybridized carbons (Fsp3) is 0.947. The van der Waals surface area contributed by atoms with Crippen LogP contribution < -0.4 is 10.6 Å². The molecule has 0 aromatic heterocycles. The highest BCUT2D eigenvalue weighted by molar-refractivity contribution is 5.74. The minimum atomic E-state index is -0.151. The van der Waals surface area contributed by atoms with Crippen molar-refractivity contribution in [2.24, 2.45) is 5.41 Å². The molecular formula is C19H35N3O2. The number of carbonyl (C=O) groups is 1. The average molecular weight is 338 g/mol. The van der Waals surface area contributed by atoms with Crippen LogP contribution in [0, 0.1) is 5.41 Å². The number of aliphatic hydroxyl groups is 1. The molecule has 2 unspecified atom stereocenters. The number of urea groups is 1. The van der Waals surface area contributed by atoms with E-state index in [4.69, 9.17) is 0 Å². The summed E-state index contributed by atoms with van der Waals surface area (Å²) < 4.78 is 0. The lowest BCUT2D eigenvalue weighted by molar-refractivity contribution is 0.112.